The first-order valence-electron chi connectivity index (χ1n) is 9.04. The van der Waals surface area contributed by atoms with Crippen molar-refractivity contribution < 1.29 is 13.9 Å². The van der Waals surface area contributed by atoms with Gasteiger partial charge in [0.25, 0.3) is 0 Å². The quantitative estimate of drug-likeness (QED) is 0.391. The van der Waals surface area contributed by atoms with E-state index in [2.05, 4.69) is 22.1 Å². The van der Waals surface area contributed by atoms with Crippen molar-refractivity contribution in [1.29, 1.82) is 0 Å². The SMILES string of the molecule is C=CCn1c(SCC(=O)NCc2cc(Cl)ccc2OC)nnc1-c1ccccc1F. The summed E-state index contributed by atoms with van der Waals surface area (Å²) in [5.41, 5.74) is 1.12. The molecule has 9 heteroatoms. The molecule has 2 aromatic carbocycles. The lowest BCUT2D eigenvalue weighted by Gasteiger charge is -2.11. The summed E-state index contributed by atoms with van der Waals surface area (Å²) in [7, 11) is 1.56. The van der Waals surface area contributed by atoms with Gasteiger partial charge in [-0.15, -0.1) is 16.8 Å². The molecule has 3 aromatic rings. The fourth-order valence-electron chi connectivity index (χ4n) is 2.79. The molecule has 0 aliphatic rings. The van der Waals surface area contributed by atoms with Crippen LogP contribution in [0.5, 0.6) is 5.75 Å². The van der Waals surface area contributed by atoms with Crippen molar-refractivity contribution in [3.05, 3.63) is 71.5 Å². The molecular weight excluding hydrogens is 427 g/mol. The number of methoxy groups -OCH3 is 1. The van der Waals surface area contributed by atoms with Gasteiger partial charge in [0, 0.05) is 23.7 Å². The molecule has 0 saturated heterocycles. The summed E-state index contributed by atoms with van der Waals surface area (Å²) < 4.78 is 21.2. The van der Waals surface area contributed by atoms with Gasteiger partial charge in [0.15, 0.2) is 11.0 Å². The molecule has 0 aliphatic heterocycles. The second-order valence-corrected chi connectivity index (χ2v) is 7.59. The van der Waals surface area contributed by atoms with Crippen molar-refractivity contribution in [2.45, 2.75) is 18.2 Å². The zero-order chi connectivity index (χ0) is 21.5. The van der Waals surface area contributed by atoms with E-state index in [-0.39, 0.29) is 24.0 Å². The van der Waals surface area contributed by atoms with Crippen molar-refractivity contribution in [2.24, 2.45) is 0 Å². The zero-order valence-electron chi connectivity index (χ0n) is 16.3. The average molecular weight is 447 g/mol. The Kier molecular flexibility index (Phi) is 7.48. The highest BCUT2D eigenvalue weighted by molar-refractivity contribution is 7.99. The Labute approximate surface area is 183 Å². The summed E-state index contributed by atoms with van der Waals surface area (Å²) in [4.78, 5) is 12.3. The van der Waals surface area contributed by atoms with Crippen LogP contribution in [0.1, 0.15) is 5.56 Å². The van der Waals surface area contributed by atoms with Gasteiger partial charge in [0.05, 0.1) is 18.4 Å². The van der Waals surface area contributed by atoms with E-state index in [9.17, 15) is 9.18 Å². The topological polar surface area (TPSA) is 69.0 Å². The van der Waals surface area contributed by atoms with E-state index in [1.165, 1.54) is 17.8 Å². The molecule has 1 heterocycles. The number of nitrogens with one attached hydrogen (secondary N) is 1. The minimum absolute atomic E-state index is 0.120. The molecule has 0 radical (unpaired) electrons. The third kappa shape index (κ3) is 5.20. The zero-order valence-corrected chi connectivity index (χ0v) is 17.8. The van der Waals surface area contributed by atoms with Crippen molar-refractivity contribution >= 4 is 29.3 Å². The van der Waals surface area contributed by atoms with E-state index in [1.54, 1.807) is 54.2 Å². The van der Waals surface area contributed by atoms with Crippen LogP contribution in [-0.4, -0.2) is 33.5 Å². The maximum Gasteiger partial charge on any atom is 0.230 e. The van der Waals surface area contributed by atoms with Crippen molar-refractivity contribution in [3.63, 3.8) is 0 Å². The van der Waals surface area contributed by atoms with Crippen LogP contribution in [0.25, 0.3) is 11.4 Å². The van der Waals surface area contributed by atoms with Crippen LogP contribution in [0.2, 0.25) is 5.02 Å². The summed E-state index contributed by atoms with van der Waals surface area (Å²) in [5.74, 6) is 0.574. The number of hydrogen-bond acceptors (Lipinski definition) is 5. The molecule has 6 nitrogen and oxygen atoms in total. The first-order chi connectivity index (χ1) is 14.5. The van der Waals surface area contributed by atoms with Crippen molar-refractivity contribution in [2.75, 3.05) is 12.9 Å². The van der Waals surface area contributed by atoms with Crippen LogP contribution in [0.15, 0.2) is 60.3 Å². The molecule has 0 aliphatic carbocycles. The summed E-state index contributed by atoms with van der Waals surface area (Å²) in [5, 5.41) is 12.1. The van der Waals surface area contributed by atoms with Crippen LogP contribution in [0.4, 0.5) is 4.39 Å². The van der Waals surface area contributed by atoms with Gasteiger partial charge in [-0.1, -0.05) is 41.6 Å². The molecule has 1 aromatic heterocycles. The number of rotatable bonds is 9. The molecule has 0 saturated carbocycles. The van der Waals surface area contributed by atoms with Crippen LogP contribution < -0.4 is 10.1 Å². The molecule has 0 bridgehead atoms. The Morgan fingerprint density at radius 1 is 1.33 bits per heavy atom. The van der Waals surface area contributed by atoms with Gasteiger partial charge in [-0.05, 0) is 30.3 Å². The van der Waals surface area contributed by atoms with Gasteiger partial charge in [0.2, 0.25) is 5.91 Å². The number of nitrogens with zero attached hydrogens (tertiary/aromatic N) is 3. The Hall–Kier alpha value is -2.84. The van der Waals surface area contributed by atoms with E-state index in [0.29, 0.717) is 33.9 Å². The maximum atomic E-state index is 14.2. The number of allylic oxidation sites excluding steroid dienone is 1. The van der Waals surface area contributed by atoms with Crippen LogP contribution in [0.3, 0.4) is 0 Å². The normalized spacial score (nSPS) is 10.6. The summed E-state index contributed by atoms with van der Waals surface area (Å²) in [6.45, 7) is 4.40. The molecule has 30 heavy (non-hydrogen) atoms. The number of amides is 1. The fraction of sp³-hybridized carbons (Fsp3) is 0.190. The fourth-order valence-corrected chi connectivity index (χ4v) is 3.76. The Morgan fingerprint density at radius 2 is 2.13 bits per heavy atom. The Morgan fingerprint density at radius 3 is 2.87 bits per heavy atom. The summed E-state index contributed by atoms with van der Waals surface area (Å²) >= 11 is 7.23. The average Bonchev–Trinajstić information content (AvgIpc) is 3.14. The molecule has 0 spiro atoms. The molecular formula is C21H20ClFN4O2S. The second-order valence-electron chi connectivity index (χ2n) is 6.21. The van der Waals surface area contributed by atoms with Gasteiger partial charge in [-0.3, -0.25) is 9.36 Å². The van der Waals surface area contributed by atoms with Gasteiger partial charge < -0.3 is 10.1 Å². The van der Waals surface area contributed by atoms with Gasteiger partial charge >= 0.3 is 0 Å². The molecule has 156 valence electrons. The first kappa shape index (κ1) is 21.9. The smallest absolute Gasteiger partial charge is 0.230 e. The van der Waals surface area contributed by atoms with E-state index in [0.717, 1.165) is 5.56 Å². The third-order valence-corrected chi connectivity index (χ3v) is 5.40. The molecule has 3 rings (SSSR count). The monoisotopic (exact) mass is 446 g/mol. The molecule has 0 atom stereocenters. The number of benzene rings is 2. The second kappa shape index (κ2) is 10.3. The van der Waals surface area contributed by atoms with E-state index in [4.69, 9.17) is 16.3 Å². The number of thioether (sulfide) groups is 1. The summed E-state index contributed by atoms with van der Waals surface area (Å²) in [6.07, 6.45) is 1.67. The minimum Gasteiger partial charge on any atom is -0.496 e. The predicted molar refractivity (Wildman–Crippen MR) is 116 cm³/mol. The molecule has 1 N–H and O–H groups in total. The van der Waals surface area contributed by atoms with Crippen molar-refractivity contribution in [3.8, 4) is 17.1 Å². The third-order valence-electron chi connectivity index (χ3n) is 4.19. The van der Waals surface area contributed by atoms with Gasteiger partial charge in [0.1, 0.15) is 11.6 Å². The highest BCUT2D eigenvalue weighted by Crippen LogP contribution is 2.26. The lowest BCUT2D eigenvalue weighted by molar-refractivity contribution is -0.118. The number of carbonyl (C=O) groups is 1. The van der Waals surface area contributed by atoms with E-state index in [1.807, 2.05) is 0 Å². The number of halogens is 2. The Bertz CT molecular complexity index is 1060. The minimum atomic E-state index is -0.389. The highest BCUT2D eigenvalue weighted by Gasteiger charge is 2.17. The number of aromatic nitrogens is 3. The van der Waals surface area contributed by atoms with E-state index < -0.39 is 0 Å². The standard InChI is InChI=1S/C21H20ClFN4O2S/c1-3-10-27-20(16-6-4-5-7-17(16)23)25-26-21(27)30-13-19(28)24-12-14-11-15(22)8-9-18(14)29-2/h3-9,11H,1,10,12-13H2,2H3,(H,24,28). The molecule has 1 amide bonds. The number of carbonyl (C=O) groups excluding carboxylic acids is 1. The van der Waals surface area contributed by atoms with Gasteiger partial charge in [-0.25, -0.2) is 4.39 Å². The molecule has 0 fully saturated rings. The van der Waals surface area contributed by atoms with E-state index >= 15 is 0 Å². The lowest BCUT2D eigenvalue weighted by Crippen LogP contribution is -2.25. The maximum absolute atomic E-state index is 14.2. The Balaban J connectivity index is 1.67. The largest absolute Gasteiger partial charge is 0.496 e. The lowest BCUT2D eigenvalue weighted by atomic mass is 10.2. The first-order valence-corrected chi connectivity index (χ1v) is 10.4. The predicted octanol–water partition coefficient (Wildman–Crippen LogP) is 4.34. The van der Waals surface area contributed by atoms with Crippen LogP contribution >= 0.6 is 23.4 Å². The van der Waals surface area contributed by atoms with Crippen molar-refractivity contribution in [1.82, 2.24) is 20.1 Å². The van der Waals surface area contributed by atoms with Gasteiger partial charge in [-0.2, -0.15) is 0 Å². The highest BCUT2D eigenvalue weighted by atomic mass is 35.5. The summed E-state index contributed by atoms with van der Waals surface area (Å²) in [6, 6.07) is 11.6. The molecule has 0 unspecified atom stereocenters. The number of hydrogen-bond donors (Lipinski definition) is 1. The van der Waals surface area contributed by atoms with Crippen LogP contribution in [0, 0.1) is 5.82 Å². The van der Waals surface area contributed by atoms with Crippen LogP contribution in [-0.2, 0) is 17.9 Å². The number of ether oxygens (including phenoxy) is 1.